The molecule has 2 aromatic carbocycles. The fraction of sp³-hybridized carbons (Fsp3) is 0.158. The van der Waals surface area contributed by atoms with Gasteiger partial charge in [-0.2, -0.15) is 0 Å². The first-order chi connectivity index (χ1) is 10.6. The molecule has 3 nitrogen and oxygen atoms in total. The molecule has 0 aliphatic rings. The van der Waals surface area contributed by atoms with Crippen molar-refractivity contribution in [3.05, 3.63) is 89.5 Å². The normalized spacial score (nSPS) is 10.6. The van der Waals surface area contributed by atoms with Gasteiger partial charge >= 0.3 is 0 Å². The number of rotatable bonds is 4. The molecule has 1 aromatic heterocycles. The van der Waals surface area contributed by atoms with Crippen molar-refractivity contribution >= 4 is 5.78 Å². The number of hydrogen-bond donors (Lipinski definition) is 0. The first kappa shape index (κ1) is 14.3. The number of hydrogen-bond acceptors (Lipinski definition) is 1. The van der Waals surface area contributed by atoms with Crippen LogP contribution >= 0.6 is 0 Å². The number of benzene rings is 2. The Morgan fingerprint density at radius 2 is 1.64 bits per heavy atom. The Labute approximate surface area is 130 Å². The molecule has 0 saturated heterocycles. The van der Waals surface area contributed by atoms with Crippen LogP contribution in [0, 0.1) is 6.92 Å². The molecule has 0 radical (unpaired) electrons. The van der Waals surface area contributed by atoms with E-state index in [4.69, 9.17) is 0 Å². The summed E-state index contributed by atoms with van der Waals surface area (Å²) in [5.74, 6) is 1.26. The lowest BCUT2D eigenvalue weighted by molar-refractivity contribution is -0.677. The first-order valence-corrected chi connectivity index (χ1v) is 7.35. The van der Waals surface area contributed by atoms with Gasteiger partial charge in [0.2, 0.25) is 0 Å². The second-order valence-electron chi connectivity index (χ2n) is 5.48. The van der Waals surface area contributed by atoms with Gasteiger partial charge in [0.05, 0.1) is 7.05 Å². The Balaban J connectivity index is 1.78. The minimum Gasteiger partial charge on any atom is -0.289 e. The van der Waals surface area contributed by atoms with Crippen molar-refractivity contribution < 1.29 is 9.36 Å². The van der Waals surface area contributed by atoms with Gasteiger partial charge in [-0.1, -0.05) is 54.6 Å². The van der Waals surface area contributed by atoms with Crippen LogP contribution in [0.25, 0.3) is 0 Å². The van der Waals surface area contributed by atoms with Crippen molar-refractivity contribution in [2.45, 2.75) is 13.5 Å². The summed E-state index contributed by atoms with van der Waals surface area (Å²) >= 11 is 0. The quantitative estimate of drug-likeness (QED) is 0.536. The molecule has 0 amide bonds. The van der Waals surface area contributed by atoms with Gasteiger partial charge in [-0.15, -0.1) is 0 Å². The van der Waals surface area contributed by atoms with Crippen LogP contribution in [0.5, 0.6) is 0 Å². The lowest BCUT2D eigenvalue weighted by Gasteiger charge is -2.04. The average molecular weight is 291 g/mol. The van der Waals surface area contributed by atoms with Crippen molar-refractivity contribution in [3.63, 3.8) is 0 Å². The molecule has 3 aromatic rings. The standard InChI is InChI=1S/C19H19N2O/c1-15-20(2)12-13-21(15)14-16-8-10-18(11-9-16)19(22)17-6-4-3-5-7-17/h3-13H,14H2,1-2H3/q+1. The van der Waals surface area contributed by atoms with E-state index in [1.165, 1.54) is 11.4 Å². The third-order valence-electron chi connectivity index (χ3n) is 4.00. The van der Waals surface area contributed by atoms with Gasteiger partial charge in [-0.3, -0.25) is 4.79 Å². The second kappa shape index (κ2) is 5.98. The van der Waals surface area contributed by atoms with Crippen molar-refractivity contribution in [3.8, 4) is 0 Å². The lowest BCUT2D eigenvalue weighted by atomic mass is 10.0. The molecule has 0 aliphatic carbocycles. The van der Waals surface area contributed by atoms with Gasteiger partial charge in [-0.05, 0) is 5.56 Å². The molecule has 3 heteroatoms. The van der Waals surface area contributed by atoms with Gasteiger partial charge in [0.15, 0.2) is 5.78 Å². The Kier molecular flexibility index (Phi) is 3.88. The molecule has 1 heterocycles. The predicted octanol–water partition coefficient (Wildman–Crippen LogP) is 2.90. The minimum atomic E-state index is 0.0655. The van der Waals surface area contributed by atoms with E-state index in [9.17, 15) is 4.79 Å². The Bertz CT molecular complexity index is 786. The monoisotopic (exact) mass is 291 g/mol. The maximum absolute atomic E-state index is 12.4. The van der Waals surface area contributed by atoms with Gasteiger partial charge in [0, 0.05) is 18.1 Å². The van der Waals surface area contributed by atoms with Gasteiger partial charge in [0.1, 0.15) is 18.9 Å². The molecule has 0 N–H and O–H groups in total. The van der Waals surface area contributed by atoms with Crippen LogP contribution in [-0.4, -0.2) is 10.4 Å². The highest BCUT2D eigenvalue weighted by molar-refractivity contribution is 6.08. The number of imidazole rings is 1. The number of carbonyl (C=O) groups excluding carboxylic acids is 1. The molecule has 0 spiro atoms. The van der Waals surface area contributed by atoms with Gasteiger partial charge < -0.3 is 0 Å². The zero-order chi connectivity index (χ0) is 15.5. The summed E-state index contributed by atoms with van der Waals surface area (Å²) < 4.78 is 4.28. The Morgan fingerprint density at radius 3 is 2.23 bits per heavy atom. The van der Waals surface area contributed by atoms with E-state index in [0.29, 0.717) is 0 Å². The second-order valence-corrected chi connectivity index (χ2v) is 5.48. The highest BCUT2D eigenvalue weighted by Crippen LogP contribution is 2.12. The SMILES string of the molecule is Cc1n(Cc2ccc(C(=O)c3ccccc3)cc2)cc[n+]1C. The van der Waals surface area contributed by atoms with E-state index in [2.05, 4.69) is 22.3 Å². The number of carbonyl (C=O) groups is 1. The summed E-state index contributed by atoms with van der Waals surface area (Å²) in [5.41, 5.74) is 2.64. The summed E-state index contributed by atoms with van der Waals surface area (Å²) in [6.07, 6.45) is 4.11. The smallest absolute Gasteiger partial charge is 0.253 e. The van der Waals surface area contributed by atoms with Crippen LogP contribution in [0.15, 0.2) is 67.0 Å². The number of nitrogens with zero attached hydrogens (tertiary/aromatic N) is 2. The van der Waals surface area contributed by atoms with Crippen molar-refractivity contribution in [1.82, 2.24) is 4.57 Å². The largest absolute Gasteiger partial charge is 0.289 e. The molecule has 0 fully saturated rings. The molecular formula is C19H19N2O+. The van der Waals surface area contributed by atoms with Crippen LogP contribution in [0.3, 0.4) is 0 Å². The zero-order valence-electron chi connectivity index (χ0n) is 12.9. The molecule has 0 bridgehead atoms. The van der Waals surface area contributed by atoms with E-state index in [0.717, 1.165) is 17.7 Å². The minimum absolute atomic E-state index is 0.0655. The van der Waals surface area contributed by atoms with E-state index in [1.807, 2.05) is 67.8 Å². The van der Waals surface area contributed by atoms with Crippen LogP contribution in [0.2, 0.25) is 0 Å². The number of ketones is 1. The van der Waals surface area contributed by atoms with Crippen molar-refractivity contribution in [2.24, 2.45) is 7.05 Å². The highest BCUT2D eigenvalue weighted by Gasteiger charge is 2.11. The van der Waals surface area contributed by atoms with Gasteiger partial charge in [0.25, 0.3) is 5.82 Å². The third-order valence-corrected chi connectivity index (χ3v) is 4.00. The van der Waals surface area contributed by atoms with Crippen LogP contribution in [-0.2, 0) is 13.6 Å². The maximum Gasteiger partial charge on any atom is 0.253 e. The zero-order valence-corrected chi connectivity index (χ0v) is 12.9. The van der Waals surface area contributed by atoms with Crippen molar-refractivity contribution in [2.75, 3.05) is 0 Å². The van der Waals surface area contributed by atoms with Crippen molar-refractivity contribution in [1.29, 1.82) is 0 Å². The Morgan fingerprint density at radius 1 is 1.00 bits per heavy atom. The van der Waals surface area contributed by atoms with E-state index >= 15 is 0 Å². The fourth-order valence-electron chi connectivity index (χ4n) is 2.48. The van der Waals surface area contributed by atoms with Crippen LogP contribution < -0.4 is 4.57 Å². The molecule has 0 unspecified atom stereocenters. The summed E-state index contributed by atoms with van der Waals surface area (Å²) in [4.78, 5) is 12.4. The molecule has 0 aliphatic heterocycles. The lowest BCUT2D eigenvalue weighted by Crippen LogP contribution is -2.29. The van der Waals surface area contributed by atoms with E-state index in [1.54, 1.807) is 0 Å². The molecule has 0 saturated carbocycles. The summed E-state index contributed by atoms with van der Waals surface area (Å²) in [6, 6.07) is 17.2. The summed E-state index contributed by atoms with van der Waals surface area (Å²) in [6.45, 7) is 2.90. The van der Waals surface area contributed by atoms with Gasteiger partial charge in [-0.25, -0.2) is 9.13 Å². The number of aromatic nitrogens is 2. The predicted molar refractivity (Wildman–Crippen MR) is 85.8 cm³/mol. The first-order valence-electron chi connectivity index (χ1n) is 7.35. The van der Waals surface area contributed by atoms with E-state index < -0.39 is 0 Å². The number of aryl methyl sites for hydroxylation is 1. The summed E-state index contributed by atoms with van der Waals surface area (Å²) in [5, 5.41) is 0. The third kappa shape index (κ3) is 2.84. The average Bonchev–Trinajstić information content (AvgIpc) is 2.88. The fourth-order valence-corrected chi connectivity index (χ4v) is 2.48. The highest BCUT2D eigenvalue weighted by atomic mass is 16.1. The topological polar surface area (TPSA) is 25.9 Å². The van der Waals surface area contributed by atoms with Crippen LogP contribution in [0.1, 0.15) is 27.3 Å². The molecule has 110 valence electrons. The van der Waals surface area contributed by atoms with Crippen LogP contribution in [0.4, 0.5) is 0 Å². The molecule has 22 heavy (non-hydrogen) atoms. The molecule has 0 atom stereocenters. The van der Waals surface area contributed by atoms with E-state index in [-0.39, 0.29) is 5.78 Å². The Hall–Kier alpha value is -2.68. The maximum atomic E-state index is 12.4. The summed E-state index contributed by atoms with van der Waals surface area (Å²) in [7, 11) is 2.04. The molecule has 3 rings (SSSR count). The molecular weight excluding hydrogens is 272 g/mol.